The summed E-state index contributed by atoms with van der Waals surface area (Å²) in [4.78, 5) is 13.0. The van der Waals surface area contributed by atoms with Crippen molar-refractivity contribution < 1.29 is 0 Å². The number of aromatic nitrogens is 4. The monoisotopic (exact) mass is 393 g/mol. The van der Waals surface area contributed by atoms with Crippen LogP contribution in [0.3, 0.4) is 0 Å². The van der Waals surface area contributed by atoms with Crippen molar-refractivity contribution in [3.05, 3.63) is 95.9 Å². The molecule has 5 rings (SSSR count). The minimum atomic E-state index is 0.653. The molecular weight excluding hydrogens is 378 g/mol. The molecule has 5 nitrogen and oxygen atoms in total. The number of H-pyrrole nitrogens is 1. The van der Waals surface area contributed by atoms with Crippen molar-refractivity contribution in [1.29, 1.82) is 0 Å². The first kappa shape index (κ1) is 17.3. The van der Waals surface area contributed by atoms with Crippen LogP contribution in [0.25, 0.3) is 36.8 Å². The molecule has 3 aromatic heterocycles. The average Bonchev–Trinajstić information content (AvgIpc) is 3.42. The van der Waals surface area contributed by atoms with Gasteiger partial charge in [0.25, 0.3) is 0 Å². The van der Waals surface area contributed by atoms with Crippen LogP contribution in [0.15, 0.2) is 73.3 Å². The van der Waals surface area contributed by atoms with Crippen LogP contribution in [0.1, 0.15) is 11.1 Å². The molecule has 0 radical (unpaired) electrons. The van der Waals surface area contributed by atoms with E-state index < -0.39 is 0 Å². The zero-order chi connectivity index (χ0) is 19.6. The third kappa shape index (κ3) is 3.18. The van der Waals surface area contributed by atoms with Crippen LogP contribution in [0.4, 0.5) is 5.69 Å². The summed E-state index contributed by atoms with van der Waals surface area (Å²) < 4.78 is 0. The van der Waals surface area contributed by atoms with Crippen LogP contribution in [0, 0.1) is 6.57 Å². The summed E-state index contributed by atoms with van der Waals surface area (Å²) in [6.07, 6.45) is 5.72. The first-order chi connectivity index (χ1) is 14.3. The molecule has 5 aromatic rings. The average molecular weight is 393 g/mol. The number of nitrogens with zero attached hydrogens (tertiary/aromatic N) is 4. The highest BCUT2D eigenvalue weighted by atomic mass is 32.1. The van der Waals surface area contributed by atoms with Crippen LogP contribution in [0.2, 0.25) is 0 Å². The van der Waals surface area contributed by atoms with Crippen molar-refractivity contribution in [2.45, 2.75) is 6.42 Å². The number of nitrogens with one attached hydrogen (secondary N) is 1. The summed E-state index contributed by atoms with van der Waals surface area (Å²) in [6.45, 7) is 7.88. The van der Waals surface area contributed by atoms with Gasteiger partial charge in [0.15, 0.2) is 5.82 Å². The van der Waals surface area contributed by atoms with Gasteiger partial charge < -0.3 is 4.98 Å². The summed E-state index contributed by atoms with van der Waals surface area (Å²) in [5.41, 5.74) is 3.79. The summed E-state index contributed by atoms with van der Waals surface area (Å²) in [7, 11) is 0. The Morgan fingerprint density at radius 3 is 2.55 bits per heavy atom. The van der Waals surface area contributed by atoms with E-state index in [1.54, 1.807) is 30.1 Å². The van der Waals surface area contributed by atoms with Gasteiger partial charge in [0.1, 0.15) is 6.33 Å². The highest BCUT2D eigenvalue weighted by molar-refractivity contribution is 7.19. The number of hydrogen-bond donors (Lipinski definition) is 1. The predicted octanol–water partition coefficient (Wildman–Crippen LogP) is 5.89. The van der Waals surface area contributed by atoms with Gasteiger partial charge in [-0.3, -0.25) is 4.98 Å². The molecule has 0 aliphatic heterocycles. The lowest BCUT2D eigenvalue weighted by molar-refractivity contribution is 1.09. The van der Waals surface area contributed by atoms with E-state index >= 15 is 0 Å². The van der Waals surface area contributed by atoms with Gasteiger partial charge in [-0.1, -0.05) is 42.5 Å². The fraction of sp³-hybridized carbons (Fsp3) is 0.0435. The molecule has 1 N–H and O–H groups in total. The van der Waals surface area contributed by atoms with Gasteiger partial charge in [-0.25, -0.2) is 4.85 Å². The Hall–Kier alpha value is -3.82. The molecular formula is C23H15N5S. The lowest BCUT2D eigenvalue weighted by Gasteiger charge is -2.06. The lowest BCUT2D eigenvalue weighted by atomic mass is 9.99. The Labute approximate surface area is 171 Å². The molecule has 0 atom stereocenters. The molecule has 138 valence electrons. The number of fused-ring (bicyclic) bond motifs is 1. The van der Waals surface area contributed by atoms with E-state index in [4.69, 9.17) is 6.57 Å². The fourth-order valence-electron chi connectivity index (χ4n) is 3.50. The Balaban J connectivity index is 1.67. The largest absolute Gasteiger partial charge is 0.327 e. The number of thiophene rings is 1. The topological polar surface area (TPSA) is 58.8 Å². The van der Waals surface area contributed by atoms with Crippen molar-refractivity contribution in [3.63, 3.8) is 0 Å². The molecule has 0 saturated heterocycles. The Morgan fingerprint density at radius 1 is 0.966 bits per heavy atom. The molecule has 0 bridgehead atoms. The maximum atomic E-state index is 7.88. The zero-order valence-corrected chi connectivity index (χ0v) is 16.1. The van der Waals surface area contributed by atoms with Gasteiger partial charge in [-0.15, -0.1) is 21.5 Å². The van der Waals surface area contributed by atoms with Crippen molar-refractivity contribution in [1.82, 2.24) is 20.2 Å². The highest BCUT2D eigenvalue weighted by Crippen LogP contribution is 2.47. The van der Waals surface area contributed by atoms with E-state index in [0.29, 0.717) is 17.9 Å². The minimum absolute atomic E-state index is 0.653. The molecule has 0 fully saturated rings. The van der Waals surface area contributed by atoms with E-state index in [9.17, 15) is 0 Å². The number of rotatable bonds is 4. The fourth-order valence-corrected chi connectivity index (χ4v) is 4.71. The lowest BCUT2D eigenvalue weighted by Crippen LogP contribution is -1.90. The van der Waals surface area contributed by atoms with Crippen molar-refractivity contribution >= 4 is 27.8 Å². The third-order valence-electron chi connectivity index (χ3n) is 4.86. The van der Waals surface area contributed by atoms with E-state index in [-0.39, 0.29) is 0 Å². The van der Waals surface area contributed by atoms with E-state index in [1.807, 2.05) is 24.3 Å². The molecule has 3 heterocycles. The third-order valence-corrected chi connectivity index (χ3v) is 6.14. The maximum absolute atomic E-state index is 7.88. The van der Waals surface area contributed by atoms with Gasteiger partial charge in [-0.2, -0.15) is 0 Å². The molecule has 2 aromatic carbocycles. The normalized spacial score (nSPS) is 10.9. The first-order valence-corrected chi connectivity index (χ1v) is 9.93. The van der Waals surface area contributed by atoms with Crippen LogP contribution >= 0.6 is 11.3 Å². The molecule has 0 unspecified atom stereocenters. The standard InChI is InChI=1S/C23H15N5S/c1-24-20-19(13-15-6-7-16-4-2-3-5-18(16)12-15)22(23-26-14-27-28-23)29-21(20)17-8-10-25-11-9-17/h2-12,14H,13H2,(H,26,27,28). The van der Waals surface area contributed by atoms with Gasteiger partial charge in [-0.05, 0) is 46.0 Å². The number of benzene rings is 2. The maximum Gasteiger partial charge on any atom is 0.209 e. The number of hydrogen-bond acceptors (Lipinski definition) is 4. The number of pyridine rings is 1. The minimum Gasteiger partial charge on any atom is -0.327 e. The zero-order valence-electron chi connectivity index (χ0n) is 15.3. The predicted molar refractivity (Wildman–Crippen MR) is 116 cm³/mol. The smallest absolute Gasteiger partial charge is 0.209 e. The molecule has 0 saturated carbocycles. The van der Waals surface area contributed by atoms with Gasteiger partial charge in [0.2, 0.25) is 5.69 Å². The highest BCUT2D eigenvalue weighted by Gasteiger charge is 2.22. The van der Waals surface area contributed by atoms with Crippen molar-refractivity contribution in [3.8, 4) is 21.1 Å². The van der Waals surface area contributed by atoms with Gasteiger partial charge >= 0.3 is 0 Å². The molecule has 0 spiro atoms. The molecule has 6 heteroatoms. The van der Waals surface area contributed by atoms with E-state index in [1.165, 1.54) is 10.8 Å². The summed E-state index contributed by atoms with van der Waals surface area (Å²) in [5, 5.41) is 10.6. The van der Waals surface area contributed by atoms with Crippen molar-refractivity contribution in [2.75, 3.05) is 0 Å². The Morgan fingerprint density at radius 2 is 1.79 bits per heavy atom. The van der Waals surface area contributed by atoms with Crippen LogP contribution in [-0.4, -0.2) is 20.2 Å². The summed E-state index contributed by atoms with van der Waals surface area (Å²) >= 11 is 1.57. The second kappa shape index (κ2) is 7.30. The Kier molecular flexibility index (Phi) is 4.35. The van der Waals surface area contributed by atoms with Crippen LogP contribution < -0.4 is 0 Å². The van der Waals surface area contributed by atoms with Gasteiger partial charge in [0, 0.05) is 17.3 Å². The Bertz CT molecular complexity index is 1330. The van der Waals surface area contributed by atoms with Gasteiger partial charge in [0.05, 0.1) is 11.4 Å². The van der Waals surface area contributed by atoms with Crippen LogP contribution in [0.5, 0.6) is 0 Å². The van der Waals surface area contributed by atoms with Crippen LogP contribution in [-0.2, 0) is 6.42 Å². The summed E-state index contributed by atoms with van der Waals surface area (Å²) in [5.74, 6) is 0.691. The van der Waals surface area contributed by atoms with E-state index in [2.05, 4.69) is 55.3 Å². The second-order valence-electron chi connectivity index (χ2n) is 6.63. The molecule has 0 aliphatic rings. The molecule has 29 heavy (non-hydrogen) atoms. The number of aromatic amines is 1. The summed E-state index contributed by atoms with van der Waals surface area (Å²) in [6, 6.07) is 18.6. The first-order valence-electron chi connectivity index (χ1n) is 9.11. The molecule has 0 amide bonds. The quantitative estimate of drug-likeness (QED) is 0.387. The molecule has 0 aliphatic carbocycles. The van der Waals surface area contributed by atoms with E-state index in [0.717, 1.165) is 26.4 Å². The van der Waals surface area contributed by atoms with Crippen molar-refractivity contribution in [2.24, 2.45) is 0 Å². The second-order valence-corrected chi connectivity index (χ2v) is 7.65. The SMILES string of the molecule is [C-]#[N+]c1c(-c2ccncc2)sc(-c2nnc[nH]2)c1Cc1ccc2ccccc2c1.